The van der Waals surface area contributed by atoms with Gasteiger partial charge in [0.15, 0.2) is 11.4 Å². The first-order chi connectivity index (χ1) is 18.1. The highest BCUT2D eigenvalue weighted by molar-refractivity contribution is 5.84. The number of fused-ring (bicyclic) bond motifs is 1. The molecule has 0 bridgehead atoms. The van der Waals surface area contributed by atoms with Crippen molar-refractivity contribution in [2.45, 2.75) is 25.7 Å². The lowest BCUT2D eigenvalue weighted by molar-refractivity contribution is -0.136. The van der Waals surface area contributed by atoms with E-state index in [4.69, 9.17) is 4.42 Å². The van der Waals surface area contributed by atoms with Crippen molar-refractivity contribution in [3.63, 3.8) is 0 Å². The third-order valence-corrected chi connectivity index (χ3v) is 5.98. The molecule has 196 valence electrons. The van der Waals surface area contributed by atoms with Crippen LogP contribution in [-0.4, -0.2) is 37.5 Å². The van der Waals surface area contributed by atoms with E-state index in [1.165, 1.54) is 24.5 Å². The minimum atomic E-state index is -4.66. The van der Waals surface area contributed by atoms with Gasteiger partial charge in [-0.05, 0) is 60.0 Å². The van der Waals surface area contributed by atoms with Gasteiger partial charge in [-0.25, -0.2) is 9.37 Å². The van der Waals surface area contributed by atoms with E-state index in [1.54, 1.807) is 48.9 Å². The first-order valence-corrected chi connectivity index (χ1v) is 11.7. The summed E-state index contributed by atoms with van der Waals surface area (Å²) >= 11 is 0. The fraction of sp³-hybridized carbons (Fsp3) is 0.222. The molecule has 38 heavy (non-hydrogen) atoms. The number of aryl methyl sites for hydroxylation is 1. The number of benzene rings is 3. The lowest BCUT2D eigenvalue weighted by atomic mass is 9.97. The zero-order valence-electron chi connectivity index (χ0n) is 20.4. The van der Waals surface area contributed by atoms with Gasteiger partial charge in [0.2, 0.25) is 5.89 Å². The summed E-state index contributed by atoms with van der Waals surface area (Å²) in [5.74, 6) is 0.0300. The number of alkyl halides is 3. The van der Waals surface area contributed by atoms with Crippen LogP contribution in [0.4, 0.5) is 17.6 Å². The van der Waals surface area contributed by atoms with Gasteiger partial charge in [0.05, 0.1) is 6.10 Å². The molecule has 0 aliphatic heterocycles. The van der Waals surface area contributed by atoms with Crippen molar-refractivity contribution in [1.82, 2.24) is 25.1 Å². The van der Waals surface area contributed by atoms with Crippen LogP contribution in [0, 0.1) is 5.82 Å². The van der Waals surface area contributed by atoms with Gasteiger partial charge in [0.1, 0.15) is 23.2 Å². The molecule has 2 N–H and O–H groups in total. The van der Waals surface area contributed by atoms with Crippen LogP contribution < -0.4 is 5.32 Å². The topological polar surface area (TPSA) is 89.0 Å². The summed E-state index contributed by atoms with van der Waals surface area (Å²) in [5, 5.41) is 20.3. The second-order valence-corrected chi connectivity index (χ2v) is 9.02. The van der Waals surface area contributed by atoms with E-state index in [0.717, 1.165) is 6.07 Å². The highest BCUT2D eigenvalue weighted by atomic mass is 19.4. The Morgan fingerprint density at radius 3 is 2.55 bits per heavy atom. The monoisotopic (exact) mass is 525 g/mol. The highest BCUT2D eigenvalue weighted by Gasteiger charge is 2.35. The summed E-state index contributed by atoms with van der Waals surface area (Å²) in [6.07, 6.45) is -3.79. The molecule has 0 spiro atoms. The maximum Gasteiger partial charge on any atom is 0.420 e. The van der Waals surface area contributed by atoms with Crippen LogP contribution in [0.3, 0.4) is 0 Å². The van der Waals surface area contributed by atoms with Crippen LogP contribution in [0.1, 0.15) is 18.1 Å². The molecule has 0 unspecified atom stereocenters. The predicted octanol–water partition coefficient (Wildman–Crippen LogP) is 5.59. The predicted molar refractivity (Wildman–Crippen MR) is 133 cm³/mol. The average Bonchev–Trinajstić information content (AvgIpc) is 3.49. The minimum absolute atomic E-state index is 0.0174. The Labute approximate surface area is 214 Å². The molecule has 11 heteroatoms. The maximum absolute atomic E-state index is 14.1. The number of aliphatic hydroxyl groups is 1. The summed E-state index contributed by atoms with van der Waals surface area (Å²) in [5.41, 5.74) is 1.42. The lowest BCUT2D eigenvalue weighted by Gasteiger charge is -2.11. The molecule has 7 nitrogen and oxygen atoms in total. The van der Waals surface area contributed by atoms with E-state index >= 15 is 0 Å². The Hall–Kier alpha value is -4.09. The molecule has 1 atom stereocenters. The Balaban J connectivity index is 1.58. The lowest BCUT2D eigenvalue weighted by Crippen LogP contribution is -2.24. The van der Waals surface area contributed by atoms with Crippen molar-refractivity contribution >= 4 is 11.1 Å². The largest absolute Gasteiger partial charge is 0.435 e. The Kier molecular flexibility index (Phi) is 6.72. The number of nitrogens with zero attached hydrogens (tertiary/aromatic N) is 4. The van der Waals surface area contributed by atoms with Crippen molar-refractivity contribution in [2.24, 2.45) is 7.05 Å². The number of rotatable bonds is 7. The van der Waals surface area contributed by atoms with Crippen LogP contribution in [-0.2, 0) is 19.8 Å². The molecule has 0 radical (unpaired) electrons. The molecule has 3 aromatic carbocycles. The van der Waals surface area contributed by atoms with E-state index < -0.39 is 23.7 Å². The number of aliphatic hydroxyl groups excluding tert-OH is 1. The van der Waals surface area contributed by atoms with Crippen molar-refractivity contribution in [2.75, 3.05) is 6.54 Å². The standard InChI is InChI=1S/C27H23F4N5O2/c1-15(37)12-32-13-16-8-22(27(29,30)31)24-23(9-16)34-26(38-24)18-5-3-4-17(10-18)20-7-6-19(28)11-21(20)25-35-33-14-36(25)2/h3-11,14-15,32,37H,12-13H2,1-2H3/t15-/m0/s1. The summed E-state index contributed by atoms with van der Waals surface area (Å²) < 4.78 is 63.2. The van der Waals surface area contributed by atoms with Crippen molar-refractivity contribution in [3.8, 4) is 34.0 Å². The van der Waals surface area contributed by atoms with Gasteiger partial charge in [0, 0.05) is 31.3 Å². The summed E-state index contributed by atoms with van der Waals surface area (Å²) in [6, 6.07) is 13.8. The van der Waals surface area contributed by atoms with Gasteiger partial charge in [0.25, 0.3) is 0 Å². The number of nitrogens with one attached hydrogen (secondary N) is 1. The third-order valence-electron chi connectivity index (χ3n) is 5.98. The van der Waals surface area contributed by atoms with E-state index in [-0.39, 0.29) is 30.1 Å². The van der Waals surface area contributed by atoms with Crippen LogP contribution >= 0.6 is 0 Å². The van der Waals surface area contributed by atoms with E-state index in [0.29, 0.717) is 33.6 Å². The van der Waals surface area contributed by atoms with Crippen molar-refractivity contribution in [1.29, 1.82) is 0 Å². The second-order valence-electron chi connectivity index (χ2n) is 9.02. The smallest absolute Gasteiger partial charge is 0.420 e. The van der Waals surface area contributed by atoms with Gasteiger partial charge in [-0.1, -0.05) is 18.2 Å². The first kappa shape index (κ1) is 25.6. The second kappa shape index (κ2) is 9.99. The molecule has 0 saturated carbocycles. The van der Waals surface area contributed by atoms with Crippen molar-refractivity contribution < 1.29 is 27.1 Å². The first-order valence-electron chi connectivity index (χ1n) is 11.7. The molecule has 0 fully saturated rings. The van der Waals surface area contributed by atoms with Gasteiger partial charge < -0.3 is 19.4 Å². The number of halogens is 4. The van der Waals surface area contributed by atoms with Gasteiger partial charge in [-0.3, -0.25) is 0 Å². The SMILES string of the molecule is C[C@H](O)CNCc1cc(C(F)(F)F)c2oc(-c3cccc(-c4ccc(F)cc4-c4nncn4C)c3)nc2c1. The summed E-state index contributed by atoms with van der Waals surface area (Å²) in [6.45, 7) is 1.93. The number of hydrogen-bond acceptors (Lipinski definition) is 6. The quantitative estimate of drug-likeness (QED) is 0.270. The Morgan fingerprint density at radius 2 is 1.84 bits per heavy atom. The summed E-state index contributed by atoms with van der Waals surface area (Å²) in [7, 11) is 1.74. The van der Waals surface area contributed by atoms with E-state index in [1.807, 2.05) is 0 Å². The van der Waals surface area contributed by atoms with Crippen LogP contribution in [0.2, 0.25) is 0 Å². The molecule has 0 aliphatic rings. The molecule has 5 rings (SSSR count). The summed E-state index contributed by atoms with van der Waals surface area (Å²) in [4.78, 5) is 4.37. The fourth-order valence-corrected chi connectivity index (χ4v) is 4.25. The molecule has 0 amide bonds. The zero-order chi connectivity index (χ0) is 27.0. The third kappa shape index (κ3) is 5.15. The molecule has 2 aromatic heterocycles. The number of hydrogen-bond donors (Lipinski definition) is 2. The van der Waals surface area contributed by atoms with E-state index in [2.05, 4.69) is 20.5 Å². The molecular weight excluding hydrogens is 502 g/mol. The van der Waals surface area contributed by atoms with Gasteiger partial charge in [-0.2, -0.15) is 13.2 Å². The molecular formula is C27H23F4N5O2. The zero-order valence-corrected chi connectivity index (χ0v) is 20.4. The fourth-order valence-electron chi connectivity index (χ4n) is 4.25. The molecule has 2 heterocycles. The highest BCUT2D eigenvalue weighted by Crippen LogP contribution is 2.39. The van der Waals surface area contributed by atoms with E-state index in [9.17, 15) is 22.7 Å². The van der Waals surface area contributed by atoms with Crippen LogP contribution in [0.25, 0.3) is 45.1 Å². The number of oxazole rings is 1. The Morgan fingerprint density at radius 1 is 1.05 bits per heavy atom. The van der Waals surface area contributed by atoms with Crippen molar-refractivity contribution in [3.05, 3.63) is 77.9 Å². The average molecular weight is 526 g/mol. The Bertz CT molecular complexity index is 1610. The van der Waals surface area contributed by atoms with Crippen LogP contribution in [0.5, 0.6) is 0 Å². The molecule has 0 aliphatic carbocycles. The van der Waals surface area contributed by atoms with Crippen LogP contribution in [0.15, 0.2) is 65.3 Å². The molecule has 5 aromatic rings. The normalized spacial score (nSPS) is 12.8. The maximum atomic E-state index is 14.1. The number of aromatic nitrogens is 4. The molecule has 0 saturated heterocycles. The minimum Gasteiger partial charge on any atom is -0.435 e. The van der Waals surface area contributed by atoms with Gasteiger partial charge >= 0.3 is 6.18 Å². The van der Waals surface area contributed by atoms with Gasteiger partial charge in [-0.15, -0.1) is 10.2 Å².